The molecule has 2 heteroatoms. The van der Waals surface area contributed by atoms with Gasteiger partial charge in [-0.2, -0.15) is 0 Å². The Morgan fingerprint density at radius 1 is 1.27 bits per heavy atom. The number of hydrogen-bond donors (Lipinski definition) is 1. The fourth-order valence-corrected chi connectivity index (χ4v) is 2.37. The Labute approximate surface area is 68.7 Å². The molecule has 1 heterocycles. The highest BCUT2D eigenvalue weighted by molar-refractivity contribution is 5.00. The van der Waals surface area contributed by atoms with E-state index in [-0.39, 0.29) is 0 Å². The van der Waals surface area contributed by atoms with Crippen molar-refractivity contribution in [2.45, 2.75) is 25.7 Å². The molecule has 2 nitrogen and oxygen atoms in total. The molecule has 64 valence electrons. The second-order valence-electron chi connectivity index (χ2n) is 4.21. The molecule has 11 heavy (non-hydrogen) atoms. The minimum Gasteiger partial charge on any atom is -0.330 e. The van der Waals surface area contributed by atoms with E-state index in [2.05, 4.69) is 4.90 Å². The van der Waals surface area contributed by atoms with E-state index >= 15 is 0 Å². The van der Waals surface area contributed by atoms with Crippen molar-refractivity contribution < 1.29 is 0 Å². The van der Waals surface area contributed by atoms with E-state index in [9.17, 15) is 0 Å². The normalized spacial score (nSPS) is 28.1. The van der Waals surface area contributed by atoms with Gasteiger partial charge < -0.3 is 10.6 Å². The minimum atomic E-state index is 0.800. The van der Waals surface area contributed by atoms with E-state index < -0.39 is 0 Å². The van der Waals surface area contributed by atoms with E-state index in [1.54, 1.807) is 0 Å². The second-order valence-corrected chi connectivity index (χ2v) is 4.21. The maximum atomic E-state index is 5.44. The van der Waals surface area contributed by atoms with Gasteiger partial charge in [-0.15, -0.1) is 0 Å². The molecule has 1 saturated carbocycles. The molecule has 0 radical (unpaired) electrons. The van der Waals surface area contributed by atoms with Gasteiger partial charge >= 0.3 is 0 Å². The van der Waals surface area contributed by atoms with Crippen molar-refractivity contribution in [2.75, 3.05) is 26.2 Å². The summed E-state index contributed by atoms with van der Waals surface area (Å²) in [6.45, 7) is 4.82. The lowest BCUT2D eigenvalue weighted by Crippen LogP contribution is -2.59. The molecule has 1 spiro atoms. The molecule has 0 unspecified atom stereocenters. The Bertz CT molecular complexity index is 132. The first-order valence-electron chi connectivity index (χ1n) is 4.77. The van der Waals surface area contributed by atoms with E-state index in [0.29, 0.717) is 0 Å². The number of hydrogen-bond acceptors (Lipinski definition) is 2. The molecule has 2 fully saturated rings. The van der Waals surface area contributed by atoms with Crippen molar-refractivity contribution in [2.24, 2.45) is 11.1 Å². The fraction of sp³-hybridized carbons (Fsp3) is 1.00. The molecule has 0 aromatic rings. The maximum Gasteiger partial charge on any atom is 0.00505 e. The van der Waals surface area contributed by atoms with E-state index in [1.807, 2.05) is 0 Å². The molecule has 0 atom stereocenters. The molecular weight excluding hydrogens is 136 g/mol. The zero-order valence-electron chi connectivity index (χ0n) is 7.18. The molecule has 2 N–H and O–H groups in total. The fourth-order valence-electron chi connectivity index (χ4n) is 2.37. The molecular formula is C9H18N2. The van der Waals surface area contributed by atoms with E-state index in [4.69, 9.17) is 5.73 Å². The van der Waals surface area contributed by atoms with Crippen LogP contribution < -0.4 is 5.73 Å². The average molecular weight is 154 g/mol. The van der Waals surface area contributed by atoms with Crippen molar-refractivity contribution in [3.8, 4) is 0 Å². The molecule has 0 aromatic carbocycles. The zero-order valence-corrected chi connectivity index (χ0v) is 7.18. The van der Waals surface area contributed by atoms with Gasteiger partial charge in [-0.3, -0.25) is 0 Å². The summed E-state index contributed by atoms with van der Waals surface area (Å²) in [5, 5.41) is 0. The van der Waals surface area contributed by atoms with Crippen molar-refractivity contribution in [3.63, 3.8) is 0 Å². The summed E-state index contributed by atoms with van der Waals surface area (Å²) >= 11 is 0. The molecule has 1 aliphatic heterocycles. The second kappa shape index (κ2) is 2.76. The van der Waals surface area contributed by atoms with Crippen LogP contribution in [0.4, 0.5) is 0 Å². The van der Waals surface area contributed by atoms with Gasteiger partial charge in [-0.1, -0.05) is 6.42 Å². The Morgan fingerprint density at radius 2 is 2.00 bits per heavy atom. The van der Waals surface area contributed by atoms with Crippen LogP contribution in [0.5, 0.6) is 0 Å². The van der Waals surface area contributed by atoms with Crippen LogP contribution in [-0.4, -0.2) is 31.1 Å². The molecule has 0 bridgehead atoms. The number of nitrogens with two attached hydrogens (primary N) is 1. The van der Waals surface area contributed by atoms with Crippen LogP contribution in [0, 0.1) is 5.41 Å². The van der Waals surface area contributed by atoms with Crippen LogP contribution in [0.2, 0.25) is 0 Å². The van der Waals surface area contributed by atoms with Gasteiger partial charge in [0, 0.05) is 13.1 Å². The largest absolute Gasteiger partial charge is 0.330 e. The third-order valence-electron chi connectivity index (χ3n) is 3.21. The molecule has 1 aliphatic carbocycles. The smallest absolute Gasteiger partial charge is 0.00505 e. The minimum absolute atomic E-state index is 0.800. The highest BCUT2D eigenvalue weighted by Crippen LogP contribution is 2.47. The van der Waals surface area contributed by atoms with Gasteiger partial charge in [0.25, 0.3) is 0 Å². The van der Waals surface area contributed by atoms with Gasteiger partial charge in [-0.25, -0.2) is 0 Å². The van der Waals surface area contributed by atoms with Crippen molar-refractivity contribution in [3.05, 3.63) is 0 Å². The van der Waals surface area contributed by atoms with Crippen LogP contribution in [0.25, 0.3) is 0 Å². The summed E-state index contributed by atoms with van der Waals surface area (Å²) in [6, 6.07) is 0. The molecule has 0 amide bonds. The predicted molar refractivity (Wildman–Crippen MR) is 46.4 cm³/mol. The van der Waals surface area contributed by atoms with Gasteiger partial charge in [0.15, 0.2) is 0 Å². The van der Waals surface area contributed by atoms with Crippen LogP contribution >= 0.6 is 0 Å². The van der Waals surface area contributed by atoms with Gasteiger partial charge in [0.05, 0.1) is 0 Å². The third kappa shape index (κ3) is 1.30. The summed E-state index contributed by atoms with van der Waals surface area (Å²) in [7, 11) is 0. The van der Waals surface area contributed by atoms with Gasteiger partial charge in [-0.05, 0) is 37.8 Å². The molecule has 1 saturated heterocycles. The summed E-state index contributed by atoms with van der Waals surface area (Å²) in [6.07, 6.45) is 5.64. The Morgan fingerprint density at radius 3 is 2.45 bits per heavy atom. The Kier molecular flexibility index (Phi) is 1.90. The predicted octanol–water partition coefficient (Wildman–Crippen LogP) is 0.821. The molecule has 2 rings (SSSR count). The molecule has 2 aliphatic rings. The average Bonchev–Trinajstić information content (AvgIpc) is 1.81. The lowest BCUT2D eigenvalue weighted by Gasteiger charge is -2.56. The van der Waals surface area contributed by atoms with Crippen LogP contribution in [-0.2, 0) is 0 Å². The van der Waals surface area contributed by atoms with E-state index in [1.165, 1.54) is 45.3 Å². The highest BCUT2D eigenvalue weighted by atomic mass is 15.2. The first-order valence-corrected chi connectivity index (χ1v) is 4.77. The SMILES string of the molecule is NCCCN1CC2(CCC2)C1. The third-order valence-corrected chi connectivity index (χ3v) is 3.21. The zero-order chi connectivity index (χ0) is 7.73. The van der Waals surface area contributed by atoms with Gasteiger partial charge in [0.2, 0.25) is 0 Å². The lowest BCUT2D eigenvalue weighted by atomic mass is 9.63. The van der Waals surface area contributed by atoms with Crippen molar-refractivity contribution in [1.29, 1.82) is 0 Å². The highest BCUT2D eigenvalue weighted by Gasteiger charge is 2.46. The Hall–Kier alpha value is -0.0800. The summed E-state index contributed by atoms with van der Waals surface area (Å²) in [4.78, 5) is 2.55. The van der Waals surface area contributed by atoms with Crippen LogP contribution in [0.3, 0.4) is 0 Å². The lowest BCUT2D eigenvalue weighted by molar-refractivity contribution is -0.0594. The molecule has 0 aromatic heterocycles. The quantitative estimate of drug-likeness (QED) is 0.652. The number of nitrogens with zero attached hydrogens (tertiary/aromatic N) is 1. The van der Waals surface area contributed by atoms with Crippen LogP contribution in [0.15, 0.2) is 0 Å². The Balaban J connectivity index is 1.63. The van der Waals surface area contributed by atoms with Crippen molar-refractivity contribution >= 4 is 0 Å². The van der Waals surface area contributed by atoms with Crippen LogP contribution in [0.1, 0.15) is 25.7 Å². The van der Waals surface area contributed by atoms with Crippen molar-refractivity contribution in [1.82, 2.24) is 4.90 Å². The first kappa shape index (κ1) is 7.56. The first-order chi connectivity index (χ1) is 5.35. The topological polar surface area (TPSA) is 29.3 Å². The summed E-state index contributed by atoms with van der Waals surface area (Å²) < 4.78 is 0. The standard InChI is InChI=1S/C9H18N2/c10-5-2-6-11-7-9(8-11)3-1-4-9/h1-8,10H2. The van der Waals surface area contributed by atoms with E-state index in [0.717, 1.165) is 12.0 Å². The summed E-state index contributed by atoms with van der Waals surface area (Å²) in [5.41, 5.74) is 6.24. The monoisotopic (exact) mass is 154 g/mol. The number of rotatable bonds is 3. The summed E-state index contributed by atoms with van der Waals surface area (Å²) in [5.74, 6) is 0. The number of likely N-dealkylation sites (tertiary alicyclic amines) is 1. The van der Waals surface area contributed by atoms with Gasteiger partial charge in [0.1, 0.15) is 0 Å². The maximum absolute atomic E-state index is 5.44.